The van der Waals surface area contributed by atoms with Crippen molar-refractivity contribution in [1.29, 1.82) is 0 Å². The topological polar surface area (TPSA) is 87.2 Å². The maximum Gasteiger partial charge on any atom is 0.325 e. The Labute approximate surface area is 124 Å². The van der Waals surface area contributed by atoms with E-state index in [-0.39, 0.29) is 31.8 Å². The van der Waals surface area contributed by atoms with Gasteiger partial charge in [-0.25, -0.2) is 4.79 Å². The van der Waals surface area contributed by atoms with Crippen molar-refractivity contribution in [2.24, 2.45) is 5.92 Å². The van der Waals surface area contributed by atoms with Crippen molar-refractivity contribution in [2.45, 2.75) is 39.7 Å². The summed E-state index contributed by atoms with van der Waals surface area (Å²) in [6.07, 6.45) is 1.74. The predicted octanol–water partition coefficient (Wildman–Crippen LogP) is 1.18. The normalized spacial score (nSPS) is 15.2. The van der Waals surface area contributed by atoms with Gasteiger partial charge in [0, 0.05) is 19.1 Å². The Kier molecular flexibility index (Phi) is 6.45. The van der Waals surface area contributed by atoms with Crippen LogP contribution in [-0.2, 0) is 14.3 Å². The maximum absolute atomic E-state index is 12.5. The van der Waals surface area contributed by atoms with E-state index in [0.29, 0.717) is 6.54 Å². The fourth-order valence-corrected chi connectivity index (χ4v) is 2.02. The first-order valence-corrected chi connectivity index (χ1v) is 7.34. The zero-order chi connectivity index (χ0) is 16.0. The quantitative estimate of drug-likeness (QED) is 0.680. The summed E-state index contributed by atoms with van der Waals surface area (Å²) in [5.41, 5.74) is 0. The third-order valence-electron chi connectivity index (χ3n) is 3.41. The fourth-order valence-electron chi connectivity index (χ4n) is 2.02. The molecule has 0 bridgehead atoms. The van der Waals surface area contributed by atoms with Crippen molar-refractivity contribution < 1.29 is 24.2 Å². The van der Waals surface area contributed by atoms with Crippen molar-refractivity contribution in [1.82, 2.24) is 9.80 Å². The molecule has 0 aromatic heterocycles. The number of esters is 1. The van der Waals surface area contributed by atoms with E-state index in [1.807, 2.05) is 0 Å². The first-order valence-electron chi connectivity index (χ1n) is 7.34. The second-order valence-corrected chi connectivity index (χ2v) is 5.22. The number of carbonyl (C=O) groups is 3. The van der Waals surface area contributed by atoms with Crippen molar-refractivity contribution in [3.05, 3.63) is 0 Å². The average Bonchev–Trinajstić information content (AvgIpc) is 3.25. The van der Waals surface area contributed by atoms with Gasteiger partial charge in [-0.1, -0.05) is 6.92 Å². The highest BCUT2D eigenvalue weighted by Crippen LogP contribution is 2.27. The Balaban J connectivity index is 2.69. The zero-order valence-corrected chi connectivity index (χ0v) is 12.9. The molecule has 0 saturated heterocycles. The Hall–Kier alpha value is -1.79. The molecule has 1 atom stereocenters. The number of urea groups is 1. The lowest BCUT2D eigenvalue weighted by Gasteiger charge is -2.30. The molecule has 1 aliphatic carbocycles. The monoisotopic (exact) mass is 300 g/mol. The highest BCUT2D eigenvalue weighted by Gasteiger charge is 2.36. The van der Waals surface area contributed by atoms with Crippen LogP contribution in [0.3, 0.4) is 0 Å². The zero-order valence-electron chi connectivity index (χ0n) is 12.9. The van der Waals surface area contributed by atoms with Crippen LogP contribution in [0.4, 0.5) is 4.79 Å². The summed E-state index contributed by atoms with van der Waals surface area (Å²) < 4.78 is 4.89. The van der Waals surface area contributed by atoms with Crippen LogP contribution >= 0.6 is 0 Å². The van der Waals surface area contributed by atoms with Crippen molar-refractivity contribution in [2.75, 3.05) is 26.2 Å². The van der Waals surface area contributed by atoms with Crippen LogP contribution in [0.15, 0.2) is 0 Å². The molecule has 1 unspecified atom stereocenters. The minimum absolute atomic E-state index is 0.0658. The number of carbonyl (C=O) groups excluding carboxylic acids is 2. The minimum Gasteiger partial charge on any atom is -0.481 e. The highest BCUT2D eigenvalue weighted by atomic mass is 16.5. The van der Waals surface area contributed by atoms with Crippen LogP contribution in [0, 0.1) is 5.92 Å². The van der Waals surface area contributed by atoms with Gasteiger partial charge in [-0.2, -0.15) is 0 Å². The fraction of sp³-hybridized carbons (Fsp3) is 0.786. The van der Waals surface area contributed by atoms with Gasteiger partial charge in [-0.15, -0.1) is 0 Å². The molecule has 1 saturated carbocycles. The molecule has 1 rings (SSSR count). The largest absolute Gasteiger partial charge is 0.481 e. The van der Waals surface area contributed by atoms with Crippen molar-refractivity contribution in [3.8, 4) is 0 Å². The number of rotatable bonds is 8. The lowest BCUT2D eigenvalue weighted by Crippen LogP contribution is -2.48. The third kappa shape index (κ3) is 5.24. The molecule has 1 N–H and O–H groups in total. The van der Waals surface area contributed by atoms with Crippen molar-refractivity contribution in [3.63, 3.8) is 0 Å². The van der Waals surface area contributed by atoms with Gasteiger partial charge in [-0.3, -0.25) is 9.59 Å². The second kappa shape index (κ2) is 7.85. The van der Waals surface area contributed by atoms with Crippen LogP contribution in [0.25, 0.3) is 0 Å². The van der Waals surface area contributed by atoms with Gasteiger partial charge in [0.2, 0.25) is 0 Å². The summed E-state index contributed by atoms with van der Waals surface area (Å²) in [5.74, 6) is -2.01. The van der Waals surface area contributed by atoms with E-state index in [9.17, 15) is 14.4 Å². The molecule has 7 heteroatoms. The Morgan fingerprint density at radius 2 is 1.90 bits per heavy atom. The number of hydrogen-bond acceptors (Lipinski definition) is 4. The van der Waals surface area contributed by atoms with E-state index in [2.05, 4.69) is 0 Å². The molecular weight excluding hydrogens is 276 g/mol. The number of aliphatic carboxylic acids is 1. The Morgan fingerprint density at radius 1 is 1.29 bits per heavy atom. The molecule has 0 aromatic rings. The molecule has 0 spiro atoms. The van der Waals surface area contributed by atoms with E-state index in [0.717, 1.165) is 12.8 Å². The molecule has 120 valence electrons. The molecule has 1 aliphatic rings. The molecule has 7 nitrogen and oxygen atoms in total. The number of hydrogen-bond donors (Lipinski definition) is 1. The van der Waals surface area contributed by atoms with Gasteiger partial charge in [0.15, 0.2) is 0 Å². The highest BCUT2D eigenvalue weighted by molar-refractivity contribution is 5.82. The molecule has 0 aromatic carbocycles. The van der Waals surface area contributed by atoms with Gasteiger partial charge in [0.05, 0.1) is 12.5 Å². The summed E-state index contributed by atoms with van der Waals surface area (Å²) >= 11 is 0. The molecule has 21 heavy (non-hydrogen) atoms. The summed E-state index contributed by atoms with van der Waals surface area (Å²) in [6.45, 7) is 5.81. The van der Waals surface area contributed by atoms with Crippen LogP contribution in [0.5, 0.6) is 0 Å². The van der Waals surface area contributed by atoms with Gasteiger partial charge >= 0.3 is 18.0 Å². The van der Waals surface area contributed by atoms with E-state index in [4.69, 9.17) is 9.84 Å². The Bertz CT molecular complexity index is 395. The van der Waals surface area contributed by atoms with Crippen LogP contribution < -0.4 is 0 Å². The SMILES string of the molecule is CCOC(=O)CN(C(=O)N(CC)CC(C)C(=O)O)C1CC1. The summed E-state index contributed by atoms with van der Waals surface area (Å²) in [4.78, 5) is 38.0. The lowest BCUT2D eigenvalue weighted by atomic mass is 10.2. The molecule has 0 aliphatic heterocycles. The minimum atomic E-state index is -0.940. The van der Waals surface area contributed by atoms with Crippen molar-refractivity contribution >= 4 is 18.0 Å². The first kappa shape index (κ1) is 17.3. The van der Waals surface area contributed by atoms with E-state index in [1.165, 1.54) is 9.80 Å². The van der Waals surface area contributed by atoms with Crippen LogP contribution in [-0.4, -0.2) is 65.2 Å². The summed E-state index contributed by atoms with van der Waals surface area (Å²) in [7, 11) is 0. The first-order chi connectivity index (χ1) is 9.90. The number of ether oxygens (including phenoxy) is 1. The summed E-state index contributed by atoms with van der Waals surface area (Å²) in [6, 6.07) is -0.225. The number of nitrogens with zero attached hydrogens (tertiary/aromatic N) is 2. The van der Waals surface area contributed by atoms with Gasteiger partial charge in [0.1, 0.15) is 6.54 Å². The average molecular weight is 300 g/mol. The second-order valence-electron chi connectivity index (χ2n) is 5.22. The molecule has 1 fully saturated rings. The summed E-state index contributed by atoms with van der Waals surface area (Å²) in [5, 5.41) is 8.96. The van der Waals surface area contributed by atoms with Crippen LogP contribution in [0.1, 0.15) is 33.6 Å². The van der Waals surface area contributed by atoms with Gasteiger partial charge in [-0.05, 0) is 26.7 Å². The maximum atomic E-state index is 12.5. The molecular formula is C14H24N2O5. The predicted molar refractivity (Wildman–Crippen MR) is 75.8 cm³/mol. The molecule has 0 radical (unpaired) electrons. The van der Waals surface area contributed by atoms with Gasteiger partial charge in [0.25, 0.3) is 0 Å². The van der Waals surface area contributed by atoms with Crippen LogP contribution in [0.2, 0.25) is 0 Å². The third-order valence-corrected chi connectivity index (χ3v) is 3.41. The standard InChI is InChI=1S/C14H24N2O5/c1-4-15(8-10(3)13(18)19)14(20)16(11-6-7-11)9-12(17)21-5-2/h10-11H,4-9H2,1-3H3,(H,18,19). The van der Waals surface area contributed by atoms with E-state index < -0.39 is 17.9 Å². The number of carboxylic acid groups (broad SMARTS) is 1. The number of carboxylic acids is 1. The molecule has 0 heterocycles. The Morgan fingerprint density at radius 3 is 2.33 bits per heavy atom. The van der Waals surface area contributed by atoms with E-state index >= 15 is 0 Å². The smallest absolute Gasteiger partial charge is 0.325 e. The lowest BCUT2D eigenvalue weighted by molar-refractivity contribution is -0.144. The van der Waals surface area contributed by atoms with Gasteiger partial charge < -0.3 is 19.6 Å². The molecule has 2 amide bonds. The number of amides is 2. The van der Waals surface area contributed by atoms with E-state index in [1.54, 1.807) is 20.8 Å².